The quantitative estimate of drug-likeness (QED) is 0.901. The number of hydrogen-bond donors (Lipinski definition) is 1. The first kappa shape index (κ1) is 12.5. The average Bonchev–Trinajstić information content (AvgIpc) is 2.70. The summed E-state index contributed by atoms with van der Waals surface area (Å²) in [5, 5.41) is 0. The lowest BCUT2D eigenvalue weighted by Crippen LogP contribution is -2.12. The normalized spacial score (nSPS) is 12.7. The highest BCUT2D eigenvalue weighted by atomic mass is 35.5. The van der Waals surface area contributed by atoms with Crippen LogP contribution in [0.2, 0.25) is 4.34 Å². The van der Waals surface area contributed by atoms with Gasteiger partial charge in [-0.05, 0) is 42.3 Å². The van der Waals surface area contributed by atoms with Crippen molar-refractivity contribution in [3.8, 4) is 0 Å². The molecule has 0 spiro atoms. The Labute approximate surface area is 107 Å². The fraction of sp³-hybridized carbons (Fsp3) is 0.167. The highest BCUT2D eigenvalue weighted by Gasteiger charge is 2.13. The van der Waals surface area contributed by atoms with E-state index in [2.05, 4.69) is 0 Å². The van der Waals surface area contributed by atoms with Gasteiger partial charge in [0, 0.05) is 10.9 Å². The van der Waals surface area contributed by atoms with Crippen molar-refractivity contribution in [3.05, 3.63) is 56.7 Å². The fourth-order valence-corrected chi connectivity index (χ4v) is 2.63. The molecule has 1 nitrogen and oxygen atoms in total. The molecule has 0 aliphatic carbocycles. The van der Waals surface area contributed by atoms with Gasteiger partial charge in [-0.25, -0.2) is 8.78 Å². The third-order valence-corrected chi connectivity index (χ3v) is 3.77. The number of hydrogen-bond acceptors (Lipinski definition) is 2. The van der Waals surface area contributed by atoms with Crippen LogP contribution in [0.4, 0.5) is 8.78 Å². The van der Waals surface area contributed by atoms with Crippen molar-refractivity contribution in [2.24, 2.45) is 5.73 Å². The van der Waals surface area contributed by atoms with Crippen molar-refractivity contribution in [2.75, 3.05) is 0 Å². The Morgan fingerprint density at radius 3 is 2.65 bits per heavy atom. The summed E-state index contributed by atoms with van der Waals surface area (Å²) >= 11 is 7.14. The molecule has 0 bridgehead atoms. The Morgan fingerprint density at radius 2 is 2.00 bits per heavy atom. The van der Waals surface area contributed by atoms with Crippen molar-refractivity contribution in [3.63, 3.8) is 0 Å². The Bertz CT molecular complexity index is 527. The van der Waals surface area contributed by atoms with Crippen LogP contribution in [0, 0.1) is 11.6 Å². The van der Waals surface area contributed by atoms with Crippen LogP contribution in [0.5, 0.6) is 0 Å². The van der Waals surface area contributed by atoms with E-state index < -0.39 is 11.6 Å². The minimum Gasteiger partial charge on any atom is -0.323 e. The molecule has 1 aromatic carbocycles. The molecule has 0 aliphatic rings. The zero-order valence-corrected chi connectivity index (χ0v) is 10.4. The van der Waals surface area contributed by atoms with Crippen molar-refractivity contribution in [1.29, 1.82) is 0 Å². The molecule has 0 saturated carbocycles. The van der Waals surface area contributed by atoms with Gasteiger partial charge < -0.3 is 5.73 Å². The molecule has 1 heterocycles. The van der Waals surface area contributed by atoms with E-state index in [0.717, 1.165) is 17.0 Å². The van der Waals surface area contributed by atoms with Gasteiger partial charge >= 0.3 is 0 Å². The molecular weight excluding hydrogens is 264 g/mol. The molecule has 90 valence electrons. The molecule has 0 aliphatic heterocycles. The van der Waals surface area contributed by atoms with E-state index >= 15 is 0 Å². The largest absolute Gasteiger partial charge is 0.323 e. The monoisotopic (exact) mass is 273 g/mol. The summed E-state index contributed by atoms with van der Waals surface area (Å²) in [4.78, 5) is 0.860. The minimum atomic E-state index is -0.460. The summed E-state index contributed by atoms with van der Waals surface area (Å²) in [6.07, 6.45) is 0.250. The smallest absolute Gasteiger partial charge is 0.126 e. The third-order valence-electron chi connectivity index (χ3n) is 2.41. The molecule has 0 fully saturated rings. The van der Waals surface area contributed by atoms with Gasteiger partial charge in [-0.3, -0.25) is 0 Å². The highest BCUT2D eigenvalue weighted by molar-refractivity contribution is 7.16. The van der Waals surface area contributed by atoms with E-state index in [4.69, 9.17) is 17.3 Å². The number of benzene rings is 1. The Morgan fingerprint density at radius 1 is 1.24 bits per heavy atom. The summed E-state index contributed by atoms with van der Waals surface area (Å²) in [5.74, 6) is -0.901. The van der Waals surface area contributed by atoms with Gasteiger partial charge in [0.05, 0.1) is 4.34 Å². The SMILES string of the molecule is NC(Cc1cc(F)ccc1F)c1ccc(Cl)s1. The van der Waals surface area contributed by atoms with Crippen LogP contribution in [0.3, 0.4) is 0 Å². The molecule has 0 saturated heterocycles. The van der Waals surface area contributed by atoms with E-state index in [1.165, 1.54) is 17.4 Å². The number of rotatable bonds is 3. The first-order valence-corrected chi connectivity index (χ1v) is 6.20. The molecule has 0 amide bonds. The van der Waals surface area contributed by atoms with Gasteiger partial charge in [0.1, 0.15) is 11.6 Å². The maximum atomic E-state index is 13.4. The lowest BCUT2D eigenvalue weighted by Gasteiger charge is -2.10. The second kappa shape index (κ2) is 5.12. The van der Waals surface area contributed by atoms with Crippen LogP contribution >= 0.6 is 22.9 Å². The van der Waals surface area contributed by atoms with E-state index in [0.29, 0.717) is 4.34 Å². The molecule has 5 heteroatoms. The van der Waals surface area contributed by atoms with Crippen LogP contribution < -0.4 is 5.73 Å². The molecule has 1 unspecified atom stereocenters. The maximum Gasteiger partial charge on any atom is 0.126 e. The van der Waals surface area contributed by atoms with E-state index in [-0.39, 0.29) is 18.0 Å². The predicted octanol–water partition coefficient (Wildman–Crippen LogP) is 3.92. The van der Waals surface area contributed by atoms with Crippen LogP contribution in [0.25, 0.3) is 0 Å². The van der Waals surface area contributed by atoms with Crippen molar-refractivity contribution in [2.45, 2.75) is 12.5 Å². The Balaban J connectivity index is 2.18. The lowest BCUT2D eigenvalue weighted by atomic mass is 10.0. The topological polar surface area (TPSA) is 26.0 Å². The van der Waals surface area contributed by atoms with Crippen LogP contribution in [-0.4, -0.2) is 0 Å². The first-order valence-electron chi connectivity index (χ1n) is 5.01. The molecule has 1 aromatic heterocycles. The van der Waals surface area contributed by atoms with Crippen molar-refractivity contribution in [1.82, 2.24) is 0 Å². The first-order chi connectivity index (χ1) is 8.06. The summed E-state index contributed by atoms with van der Waals surface area (Å²) in [5.41, 5.74) is 6.20. The summed E-state index contributed by atoms with van der Waals surface area (Å²) < 4.78 is 27.0. The fourth-order valence-electron chi connectivity index (χ4n) is 1.56. The van der Waals surface area contributed by atoms with Gasteiger partial charge in [-0.1, -0.05) is 11.6 Å². The third kappa shape index (κ3) is 3.03. The zero-order chi connectivity index (χ0) is 12.4. The van der Waals surface area contributed by atoms with Crippen molar-refractivity contribution >= 4 is 22.9 Å². The summed E-state index contributed by atoms with van der Waals surface area (Å²) in [6, 6.07) is 6.54. The van der Waals surface area contributed by atoms with Crippen molar-refractivity contribution < 1.29 is 8.78 Å². The predicted molar refractivity (Wildman–Crippen MR) is 66.3 cm³/mol. The van der Waals surface area contributed by atoms with Crippen LogP contribution in [-0.2, 0) is 6.42 Å². The van der Waals surface area contributed by atoms with Gasteiger partial charge in [0.2, 0.25) is 0 Å². The average molecular weight is 274 g/mol. The van der Waals surface area contributed by atoms with Crippen LogP contribution in [0.15, 0.2) is 30.3 Å². The highest BCUT2D eigenvalue weighted by Crippen LogP contribution is 2.28. The molecule has 2 rings (SSSR count). The number of nitrogens with two attached hydrogens (primary N) is 1. The van der Waals surface area contributed by atoms with Gasteiger partial charge in [-0.15, -0.1) is 11.3 Å². The van der Waals surface area contributed by atoms with Crippen LogP contribution in [0.1, 0.15) is 16.5 Å². The molecule has 2 N–H and O–H groups in total. The summed E-state index contributed by atoms with van der Waals surface area (Å²) in [6.45, 7) is 0. The summed E-state index contributed by atoms with van der Waals surface area (Å²) in [7, 11) is 0. The second-order valence-electron chi connectivity index (χ2n) is 3.69. The van der Waals surface area contributed by atoms with Gasteiger partial charge in [0.25, 0.3) is 0 Å². The minimum absolute atomic E-state index is 0.250. The molecule has 1 atom stereocenters. The number of thiophene rings is 1. The number of halogens is 3. The molecule has 2 aromatic rings. The van der Waals surface area contributed by atoms with E-state index in [1.807, 2.05) is 0 Å². The maximum absolute atomic E-state index is 13.4. The molecule has 17 heavy (non-hydrogen) atoms. The zero-order valence-electron chi connectivity index (χ0n) is 8.79. The van der Waals surface area contributed by atoms with E-state index in [1.54, 1.807) is 12.1 Å². The standard InChI is InChI=1S/C12H10ClF2NS/c13-12-4-3-11(17-12)10(16)6-7-5-8(14)1-2-9(7)15/h1-5,10H,6,16H2. The molecular formula is C12H10ClF2NS. The lowest BCUT2D eigenvalue weighted by molar-refractivity contribution is 0.574. The Kier molecular flexibility index (Phi) is 3.76. The molecule has 0 radical (unpaired) electrons. The van der Waals surface area contributed by atoms with Gasteiger partial charge in [-0.2, -0.15) is 0 Å². The Hall–Kier alpha value is -0.970. The van der Waals surface area contributed by atoms with Gasteiger partial charge in [0.15, 0.2) is 0 Å². The van der Waals surface area contributed by atoms with E-state index in [9.17, 15) is 8.78 Å². The second-order valence-corrected chi connectivity index (χ2v) is 5.43.